The van der Waals surface area contributed by atoms with Gasteiger partial charge in [-0.25, -0.2) is 17.9 Å². The van der Waals surface area contributed by atoms with Crippen LogP contribution >= 0.6 is 11.6 Å². The number of benzene rings is 2. The molecule has 31 heavy (non-hydrogen) atoms. The summed E-state index contributed by atoms with van der Waals surface area (Å²) in [5, 5.41) is 4.92. The van der Waals surface area contributed by atoms with E-state index >= 15 is 0 Å². The molecule has 2 aromatic carbocycles. The Kier molecular flexibility index (Phi) is 6.47. The van der Waals surface area contributed by atoms with Gasteiger partial charge in [-0.15, -0.1) is 0 Å². The second-order valence-electron chi connectivity index (χ2n) is 6.75. The summed E-state index contributed by atoms with van der Waals surface area (Å²) < 4.78 is 33.7. The average molecular weight is 462 g/mol. The molecule has 8 nitrogen and oxygen atoms in total. The molecule has 0 bridgehead atoms. The van der Waals surface area contributed by atoms with E-state index in [1.807, 2.05) is 22.9 Å². The fourth-order valence-electron chi connectivity index (χ4n) is 3.11. The maximum atomic E-state index is 12.8. The molecule has 1 aromatic heterocycles. The topological polar surface area (TPSA) is 107 Å². The Morgan fingerprint density at radius 2 is 1.84 bits per heavy atom. The van der Waals surface area contributed by atoms with Gasteiger partial charge in [0, 0.05) is 10.7 Å². The van der Waals surface area contributed by atoms with Crippen molar-refractivity contribution in [3.8, 4) is 0 Å². The Morgan fingerprint density at radius 1 is 1.13 bits per heavy atom. The third kappa shape index (κ3) is 4.78. The molecule has 0 unspecified atom stereocenters. The molecule has 10 heteroatoms. The van der Waals surface area contributed by atoms with E-state index in [2.05, 4.69) is 9.84 Å². The van der Waals surface area contributed by atoms with Gasteiger partial charge in [-0.05, 0) is 43.7 Å². The van der Waals surface area contributed by atoms with E-state index in [4.69, 9.17) is 11.6 Å². The Labute approximate surface area is 184 Å². The molecule has 0 spiro atoms. The minimum atomic E-state index is -4.23. The zero-order valence-corrected chi connectivity index (χ0v) is 18.6. The first-order valence-corrected chi connectivity index (χ1v) is 11.0. The number of sulfonamides is 1. The Hall–Kier alpha value is -3.17. The van der Waals surface area contributed by atoms with Crippen LogP contribution in [0.25, 0.3) is 0 Å². The molecule has 3 rings (SSSR count). The lowest BCUT2D eigenvalue weighted by Crippen LogP contribution is -2.31. The van der Waals surface area contributed by atoms with Gasteiger partial charge in [0.25, 0.3) is 15.9 Å². The van der Waals surface area contributed by atoms with Crippen molar-refractivity contribution in [2.24, 2.45) is 0 Å². The second-order valence-corrected chi connectivity index (χ2v) is 8.84. The third-order valence-corrected chi connectivity index (χ3v) is 6.38. The molecule has 0 saturated carbocycles. The number of amides is 1. The summed E-state index contributed by atoms with van der Waals surface area (Å²) in [7, 11) is -3.04. The van der Waals surface area contributed by atoms with E-state index in [0.29, 0.717) is 23.0 Å². The van der Waals surface area contributed by atoms with Gasteiger partial charge in [-0.2, -0.15) is 5.10 Å². The van der Waals surface area contributed by atoms with Gasteiger partial charge in [-0.1, -0.05) is 35.9 Å². The van der Waals surface area contributed by atoms with Crippen molar-refractivity contribution >= 4 is 33.5 Å². The van der Waals surface area contributed by atoms with E-state index in [1.54, 1.807) is 24.6 Å². The normalized spacial score (nSPS) is 11.2. The molecule has 0 atom stereocenters. The first kappa shape index (κ1) is 22.5. The number of nitrogens with zero attached hydrogens (tertiary/aromatic N) is 2. The minimum Gasteiger partial charge on any atom is -0.465 e. The van der Waals surface area contributed by atoms with Crippen molar-refractivity contribution in [3.63, 3.8) is 0 Å². The van der Waals surface area contributed by atoms with Crippen LogP contribution in [0.15, 0.2) is 53.4 Å². The predicted octanol–water partition coefficient (Wildman–Crippen LogP) is 3.11. The Balaban J connectivity index is 1.88. The van der Waals surface area contributed by atoms with Crippen LogP contribution in [0.4, 0.5) is 0 Å². The maximum Gasteiger partial charge on any atom is 0.337 e. The first-order valence-electron chi connectivity index (χ1n) is 9.17. The maximum absolute atomic E-state index is 12.8. The highest BCUT2D eigenvalue weighted by Gasteiger charge is 2.25. The van der Waals surface area contributed by atoms with Gasteiger partial charge in [-0.3, -0.25) is 9.48 Å². The van der Waals surface area contributed by atoms with Crippen molar-refractivity contribution in [2.75, 3.05) is 7.11 Å². The number of nitrogens with one attached hydrogen (secondary N) is 1. The fraction of sp³-hybridized carbons (Fsp3) is 0.190. The van der Waals surface area contributed by atoms with Gasteiger partial charge < -0.3 is 4.74 Å². The quantitative estimate of drug-likeness (QED) is 0.565. The van der Waals surface area contributed by atoms with Crippen LogP contribution in [-0.2, 0) is 21.3 Å². The number of halogens is 1. The molecule has 1 heterocycles. The van der Waals surface area contributed by atoms with Crippen LogP contribution < -0.4 is 4.72 Å². The van der Waals surface area contributed by atoms with Crippen LogP contribution in [0.3, 0.4) is 0 Å². The summed E-state index contributed by atoms with van der Waals surface area (Å²) in [6.45, 7) is 3.62. The number of carbonyl (C=O) groups excluding carboxylic acids is 2. The molecule has 0 aliphatic rings. The fourth-order valence-corrected chi connectivity index (χ4v) is 4.31. The van der Waals surface area contributed by atoms with Crippen molar-refractivity contribution in [1.29, 1.82) is 0 Å². The number of aromatic nitrogens is 2. The van der Waals surface area contributed by atoms with Gasteiger partial charge in [0.15, 0.2) is 0 Å². The summed E-state index contributed by atoms with van der Waals surface area (Å²) in [5.41, 5.74) is 1.89. The third-order valence-electron chi connectivity index (χ3n) is 4.68. The van der Waals surface area contributed by atoms with Crippen LogP contribution in [0.2, 0.25) is 5.02 Å². The molecule has 0 aliphatic carbocycles. The monoisotopic (exact) mass is 461 g/mol. The smallest absolute Gasteiger partial charge is 0.337 e. The molecule has 3 aromatic rings. The van der Waals surface area contributed by atoms with Gasteiger partial charge >= 0.3 is 5.97 Å². The van der Waals surface area contributed by atoms with Gasteiger partial charge in [0.2, 0.25) is 0 Å². The number of hydrogen-bond donors (Lipinski definition) is 1. The summed E-state index contributed by atoms with van der Waals surface area (Å²) in [6, 6.07) is 12.5. The lowest BCUT2D eigenvalue weighted by Gasteiger charge is -2.09. The summed E-state index contributed by atoms with van der Waals surface area (Å²) in [6.07, 6.45) is 0. The highest BCUT2D eigenvalue weighted by atomic mass is 35.5. The van der Waals surface area contributed by atoms with Crippen molar-refractivity contribution < 1.29 is 22.7 Å². The van der Waals surface area contributed by atoms with E-state index in [0.717, 1.165) is 11.6 Å². The molecular formula is C21H20ClN3O5S. The number of aryl methyl sites for hydroxylation is 1. The molecular weight excluding hydrogens is 442 g/mol. The number of carbonyl (C=O) groups is 2. The standard InChI is InChI=1S/C21H20ClN3O5S/c1-13-19(14(2)25(23-13)12-16-7-4-5-10-18(16)22)20(26)24-31(28,29)17-9-6-8-15(11-17)21(27)30-3/h4-11H,12H2,1-3H3,(H,24,26). The molecule has 0 saturated heterocycles. The summed E-state index contributed by atoms with van der Waals surface area (Å²) >= 11 is 6.20. The zero-order valence-electron chi connectivity index (χ0n) is 17.0. The van der Waals surface area contributed by atoms with E-state index in [-0.39, 0.29) is 16.0 Å². The minimum absolute atomic E-state index is 0.0535. The zero-order chi connectivity index (χ0) is 22.8. The lowest BCUT2D eigenvalue weighted by molar-refractivity contribution is 0.0600. The molecule has 1 N–H and O–H groups in total. The van der Waals surface area contributed by atoms with Crippen molar-refractivity contribution in [2.45, 2.75) is 25.3 Å². The van der Waals surface area contributed by atoms with Crippen LogP contribution in [0, 0.1) is 13.8 Å². The van der Waals surface area contributed by atoms with Crippen LogP contribution in [-0.4, -0.2) is 37.2 Å². The Bertz CT molecular complexity index is 1270. The molecule has 0 radical (unpaired) electrons. The number of rotatable bonds is 6. The lowest BCUT2D eigenvalue weighted by atomic mass is 10.2. The highest BCUT2D eigenvalue weighted by Crippen LogP contribution is 2.20. The van der Waals surface area contributed by atoms with Crippen LogP contribution in [0.1, 0.15) is 37.7 Å². The second kappa shape index (κ2) is 8.91. The van der Waals surface area contributed by atoms with E-state index < -0.39 is 21.9 Å². The number of ether oxygens (including phenoxy) is 1. The molecule has 0 fully saturated rings. The molecule has 162 valence electrons. The van der Waals surface area contributed by atoms with Gasteiger partial charge in [0.05, 0.1) is 35.4 Å². The number of hydrogen-bond acceptors (Lipinski definition) is 6. The van der Waals surface area contributed by atoms with Crippen molar-refractivity contribution in [3.05, 3.63) is 81.6 Å². The number of methoxy groups -OCH3 is 1. The summed E-state index contributed by atoms with van der Waals surface area (Å²) in [5.74, 6) is -1.50. The van der Waals surface area contributed by atoms with E-state index in [9.17, 15) is 18.0 Å². The average Bonchev–Trinajstić information content (AvgIpc) is 3.02. The van der Waals surface area contributed by atoms with Crippen LogP contribution in [0.5, 0.6) is 0 Å². The first-order chi connectivity index (χ1) is 14.6. The molecule has 1 amide bonds. The molecule has 0 aliphatic heterocycles. The van der Waals surface area contributed by atoms with Gasteiger partial charge in [0.1, 0.15) is 0 Å². The summed E-state index contributed by atoms with van der Waals surface area (Å²) in [4.78, 5) is 24.3. The SMILES string of the molecule is COC(=O)c1cccc(S(=O)(=O)NC(=O)c2c(C)nn(Cc3ccccc3Cl)c2C)c1. The Morgan fingerprint density at radius 3 is 2.52 bits per heavy atom. The predicted molar refractivity (Wildman–Crippen MR) is 115 cm³/mol. The van der Waals surface area contributed by atoms with E-state index in [1.165, 1.54) is 25.3 Å². The van der Waals surface area contributed by atoms with Crippen molar-refractivity contribution in [1.82, 2.24) is 14.5 Å². The largest absolute Gasteiger partial charge is 0.465 e. The number of esters is 1. The highest BCUT2D eigenvalue weighted by molar-refractivity contribution is 7.90.